The Kier molecular flexibility index (Phi) is 4.59. The molecule has 0 aliphatic rings. The number of nitrogens with zero attached hydrogens (tertiary/aromatic N) is 1. The van der Waals surface area contributed by atoms with E-state index in [1.807, 2.05) is 0 Å². The molecule has 1 heterocycles. The van der Waals surface area contributed by atoms with Crippen LogP contribution in [0.15, 0.2) is 48.7 Å². The molecule has 0 fully saturated rings. The fourth-order valence-corrected chi connectivity index (χ4v) is 2.19. The Morgan fingerprint density at radius 1 is 1.11 bits per heavy atom. The van der Waals surface area contributed by atoms with Gasteiger partial charge in [-0.2, -0.15) is 0 Å². The van der Waals surface area contributed by atoms with E-state index >= 15 is 0 Å². The molecule has 2 aromatic rings. The normalized spacial score (nSPS) is 12.6. The largest absolute Gasteiger partial charge is 0.350 e. The van der Waals surface area contributed by atoms with Crippen molar-refractivity contribution in [2.75, 3.05) is 0 Å². The molecule has 0 spiro atoms. The van der Waals surface area contributed by atoms with E-state index in [-0.39, 0.29) is 0 Å². The van der Waals surface area contributed by atoms with Gasteiger partial charge in [-0.05, 0) is 31.0 Å². The van der Waals surface area contributed by atoms with Crippen LogP contribution in [0.4, 0.5) is 0 Å². The Labute approximate surface area is 110 Å². The average Bonchev–Trinajstić information content (AvgIpc) is 2.85. The van der Waals surface area contributed by atoms with Crippen molar-refractivity contribution in [2.45, 2.75) is 39.4 Å². The lowest BCUT2D eigenvalue weighted by atomic mass is 10.1. The average molecular weight is 242 g/mol. The first-order chi connectivity index (χ1) is 8.81. The lowest BCUT2D eigenvalue weighted by Gasteiger charge is -2.15. The zero-order valence-electron chi connectivity index (χ0n) is 11.3. The molecule has 0 aliphatic carbocycles. The molecule has 1 unspecified atom stereocenters. The molecule has 2 nitrogen and oxygen atoms in total. The second-order valence-electron chi connectivity index (χ2n) is 4.71. The number of aromatic nitrogens is 1. The maximum atomic E-state index is 3.58. The van der Waals surface area contributed by atoms with Crippen molar-refractivity contribution in [3.05, 3.63) is 59.9 Å². The molecule has 1 aromatic heterocycles. The van der Waals surface area contributed by atoms with E-state index in [1.54, 1.807) is 0 Å². The minimum Gasteiger partial charge on any atom is -0.350 e. The van der Waals surface area contributed by atoms with Gasteiger partial charge in [-0.25, -0.2) is 0 Å². The molecule has 0 bridgehead atoms. The molecule has 1 aromatic carbocycles. The van der Waals surface area contributed by atoms with Crippen LogP contribution >= 0.6 is 0 Å². The van der Waals surface area contributed by atoms with Crippen LogP contribution in [-0.2, 0) is 13.1 Å². The Bertz CT molecular complexity index is 459. The van der Waals surface area contributed by atoms with Crippen molar-refractivity contribution in [3.63, 3.8) is 0 Å². The highest BCUT2D eigenvalue weighted by Gasteiger charge is 2.05. The van der Waals surface area contributed by atoms with Gasteiger partial charge in [0.2, 0.25) is 0 Å². The SMILES string of the molecule is CCCn1cccc1CNC(C)c1ccccc1. The second-order valence-corrected chi connectivity index (χ2v) is 4.71. The number of hydrogen-bond donors (Lipinski definition) is 1. The van der Waals surface area contributed by atoms with Crippen LogP contribution in [-0.4, -0.2) is 4.57 Å². The monoisotopic (exact) mass is 242 g/mol. The molecule has 1 atom stereocenters. The fraction of sp³-hybridized carbons (Fsp3) is 0.375. The maximum absolute atomic E-state index is 3.58. The highest BCUT2D eigenvalue weighted by molar-refractivity contribution is 5.18. The van der Waals surface area contributed by atoms with Crippen molar-refractivity contribution in [1.29, 1.82) is 0 Å². The van der Waals surface area contributed by atoms with Gasteiger partial charge in [-0.3, -0.25) is 0 Å². The molecular weight excluding hydrogens is 220 g/mol. The van der Waals surface area contributed by atoms with Gasteiger partial charge in [-0.1, -0.05) is 37.3 Å². The van der Waals surface area contributed by atoms with Crippen molar-refractivity contribution in [2.24, 2.45) is 0 Å². The summed E-state index contributed by atoms with van der Waals surface area (Å²) in [4.78, 5) is 0. The van der Waals surface area contributed by atoms with E-state index < -0.39 is 0 Å². The third-order valence-corrected chi connectivity index (χ3v) is 3.28. The van der Waals surface area contributed by atoms with Crippen molar-refractivity contribution < 1.29 is 0 Å². The highest BCUT2D eigenvalue weighted by Crippen LogP contribution is 2.12. The first-order valence-corrected chi connectivity index (χ1v) is 6.73. The van der Waals surface area contributed by atoms with Crippen LogP contribution in [0, 0.1) is 0 Å². The van der Waals surface area contributed by atoms with Gasteiger partial charge in [0.1, 0.15) is 0 Å². The lowest BCUT2D eigenvalue weighted by molar-refractivity contribution is 0.542. The summed E-state index contributed by atoms with van der Waals surface area (Å²) in [5, 5.41) is 3.58. The predicted molar refractivity (Wildman–Crippen MR) is 76.4 cm³/mol. The minimum atomic E-state index is 0.385. The van der Waals surface area contributed by atoms with E-state index in [9.17, 15) is 0 Å². The predicted octanol–water partition coefficient (Wildman–Crippen LogP) is 3.75. The maximum Gasteiger partial charge on any atom is 0.0364 e. The number of nitrogens with one attached hydrogen (secondary N) is 1. The second kappa shape index (κ2) is 6.41. The van der Waals surface area contributed by atoms with E-state index in [1.165, 1.54) is 17.7 Å². The smallest absolute Gasteiger partial charge is 0.0364 e. The summed E-state index contributed by atoms with van der Waals surface area (Å²) in [5.74, 6) is 0. The van der Waals surface area contributed by atoms with E-state index in [2.05, 4.69) is 72.4 Å². The van der Waals surface area contributed by atoms with Crippen LogP contribution in [0.1, 0.15) is 37.6 Å². The van der Waals surface area contributed by atoms with Gasteiger partial charge in [0.05, 0.1) is 0 Å². The van der Waals surface area contributed by atoms with Crippen molar-refractivity contribution in [1.82, 2.24) is 9.88 Å². The van der Waals surface area contributed by atoms with E-state index in [4.69, 9.17) is 0 Å². The summed E-state index contributed by atoms with van der Waals surface area (Å²) in [6, 6.07) is 15.3. The highest BCUT2D eigenvalue weighted by atomic mass is 15.0. The van der Waals surface area contributed by atoms with Crippen LogP contribution in [0.2, 0.25) is 0 Å². The van der Waals surface area contributed by atoms with Gasteiger partial charge in [-0.15, -0.1) is 0 Å². The minimum absolute atomic E-state index is 0.385. The molecule has 1 N–H and O–H groups in total. The quantitative estimate of drug-likeness (QED) is 0.816. The van der Waals surface area contributed by atoms with Crippen molar-refractivity contribution in [3.8, 4) is 0 Å². The molecule has 0 aliphatic heterocycles. The molecule has 0 saturated heterocycles. The molecule has 96 valence electrons. The topological polar surface area (TPSA) is 17.0 Å². The van der Waals surface area contributed by atoms with Crippen LogP contribution < -0.4 is 5.32 Å². The molecule has 18 heavy (non-hydrogen) atoms. The number of benzene rings is 1. The molecule has 2 rings (SSSR count). The van der Waals surface area contributed by atoms with Gasteiger partial charge in [0.15, 0.2) is 0 Å². The standard InChI is InChI=1S/C16H22N2/c1-3-11-18-12-7-10-16(18)13-17-14(2)15-8-5-4-6-9-15/h4-10,12,14,17H,3,11,13H2,1-2H3. The van der Waals surface area contributed by atoms with E-state index in [0.717, 1.165) is 13.1 Å². The Morgan fingerprint density at radius 2 is 1.89 bits per heavy atom. The fourth-order valence-electron chi connectivity index (χ4n) is 2.19. The summed E-state index contributed by atoms with van der Waals surface area (Å²) >= 11 is 0. The zero-order valence-corrected chi connectivity index (χ0v) is 11.3. The van der Waals surface area contributed by atoms with Crippen LogP contribution in [0.3, 0.4) is 0 Å². The molecular formula is C16H22N2. The summed E-state index contributed by atoms with van der Waals surface area (Å²) < 4.78 is 2.32. The number of aryl methyl sites for hydroxylation is 1. The molecule has 2 heteroatoms. The zero-order chi connectivity index (χ0) is 12.8. The van der Waals surface area contributed by atoms with Gasteiger partial charge in [0.25, 0.3) is 0 Å². The first-order valence-electron chi connectivity index (χ1n) is 6.73. The molecule has 0 amide bonds. The molecule has 0 saturated carbocycles. The summed E-state index contributed by atoms with van der Waals surface area (Å²) in [7, 11) is 0. The lowest BCUT2D eigenvalue weighted by Crippen LogP contribution is -2.20. The first kappa shape index (κ1) is 12.9. The van der Waals surface area contributed by atoms with Crippen LogP contribution in [0.5, 0.6) is 0 Å². The molecule has 0 radical (unpaired) electrons. The number of hydrogen-bond acceptors (Lipinski definition) is 1. The third kappa shape index (κ3) is 3.23. The van der Waals surface area contributed by atoms with E-state index in [0.29, 0.717) is 6.04 Å². The van der Waals surface area contributed by atoms with Gasteiger partial charge >= 0.3 is 0 Å². The Hall–Kier alpha value is -1.54. The van der Waals surface area contributed by atoms with Crippen LogP contribution in [0.25, 0.3) is 0 Å². The van der Waals surface area contributed by atoms with Gasteiger partial charge < -0.3 is 9.88 Å². The summed E-state index contributed by atoms with van der Waals surface area (Å²) in [5.41, 5.74) is 2.70. The van der Waals surface area contributed by atoms with Crippen molar-refractivity contribution >= 4 is 0 Å². The summed E-state index contributed by atoms with van der Waals surface area (Å²) in [6.07, 6.45) is 3.34. The number of rotatable bonds is 6. The Balaban J connectivity index is 1.93. The third-order valence-electron chi connectivity index (χ3n) is 3.28. The van der Waals surface area contributed by atoms with Gasteiger partial charge in [0, 0.05) is 31.0 Å². The summed E-state index contributed by atoms with van der Waals surface area (Å²) in [6.45, 7) is 6.44. The Morgan fingerprint density at radius 3 is 2.61 bits per heavy atom.